The Morgan fingerprint density at radius 2 is 0.700 bits per heavy atom. The van der Waals surface area contributed by atoms with Crippen molar-refractivity contribution in [2.24, 2.45) is 0 Å². The molecule has 0 bridgehead atoms. The maximum absolute atomic E-state index is 12.7. The number of carbonyl (C=O) groups is 3. The summed E-state index contributed by atoms with van der Waals surface area (Å²) in [6, 6.07) is 0. The largest absolute Gasteiger partial charge is 0.462 e. The number of esters is 3. The van der Waals surface area contributed by atoms with Gasteiger partial charge in [0.1, 0.15) is 13.2 Å². The minimum absolute atomic E-state index is 0.0778. The van der Waals surface area contributed by atoms with Crippen LogP contribution in [0, 0.1) is 0 Å². The Bertz CT molecular complexity index is 1060. The Hall–Kier alpha value is -2.63. The second-order valence-corrected chi connectivity index (χ2v) is 17.1. The molecule has 0 amide bonds. The number of ether oxygens (including phenoxy) is 3. The van der Waals surface area contributed by atoms with Crippen molar-refractivity contribution in [3.05, 3.63) is 48.6 Å². The van der Waals surface area contributed by atoms with Crippen LogP contribution in [0.1, 0.15) is 258 Å². The summed E-state index contributed by atoms with van der Waals surface area (Å²) in [6.07, 6.45) is 58.1. The van der Waals surface area contributed by atoms with Crippen LogP contribution in [0.15, 0.2) is 48.6 Å². The van der Waals surface area contributed by atoms with Crippen LogP contribution in [0.4, 0.5) is 0 Å². The molecule has 0 aromatic rings. The first-order valence-corrected chi connectivity index (χ1v) is 25.7. The van der Waals surface area contributed by atoms with Crippen molar-refractivity contribution in [1.29, 1.82) is 0 Å². The second-order valence-electron chi connectivity index (χ2n) is 17.1. The molecule has 0 aromatic carbocycles. The van der Waals surface area contributed by atoms with Gasteiger partial charge in [0.15, 0.2) is 6.10 Å². The third-order valence-corrected chi connectivity index (χ3v) is 11.1. The normalized spacial score (nSPS) is 12.4. The fourth-order valence-electron chi connectivity index (χ4n) is 7.24. The number of hydrogen-bond acceptors (Lipinski definition) is 6. The van der Waals surface area contributed by atoms with E-state index in [0.29, 0.717) is 19.3 Å². The molecule has 6 nitrogen and oxygen atoms in total. The van der Waals surface area contributed by atoms with Crippen LogP contribution in [0.5, 0.6) is 0 Å². The standard InChI is InChI=1S/C54H96O6/c1-4-7-10-13-16-19-22-24-25-26-27-28-29-30-33-35-38-41-44-47-53(56)59-50-51(49-58-52(55)46-43-40-37-34-31-21-18-15-12-9-6-3)60-54(57)48-45-42-39-36-32-23-20-17-14-11-8-5-2/h8,11,16-17,19-20,22,24,51H,4-7,9-10,12-15,18,21,23,25-50H2,1-3H3/b11-8-,19-16-,20-17-,24-22-. The zero-order valence-corrected chi connectivity index (χ0v) is 39.7. The molecule has 0 aliphatic rings. The van der Waals surface area contributed by atoms with Gasteiger partial charge in [-0.3, -0.25) is 14.4 Å². The Kier molecular flexibility index (Phi) is 46.9. The molecule has 0 radical (unpaired) electrons. The number of allylic oxidation sites excluding steroid dienone is 8. The fraction of sp³-hybridized carbons (Fsp3) is 0.796. The molecule has 0 N–H and O–H groups in total. The molecule has 0 rings (SSSR count). The van der Waals surface area contributed by atoms with E-state index in [0.717, 1.165) is 89.9 Å². The summed E-state index contributed by atoms with van der Waals surface area (Å²) in [5, 5.41) is 0. The van der Waals surface area contributed by atoms with Crippen molar-refractivity contribution >= 4 is 17.9 Å². The molecule has 0 aliphatic carbocycles. The Morgan fingerprint density at radius 3 is 1.13 bits per heavy atom. The van der Waals surface area contributed by atoms with E-state index in [1.165, 1.54) is 128 Å². The van der Waals surface area contributed by atoms with Crippen molar-refractivity contribution in [2.75, 3.05) is 13.2 Å². The van der Waals surface area contributed by atoms with E-state index < -0.39 is 6.10 Å². The molecule has 348 valence electrons. The lowest BCUT2D eigenvalue weighted by atomic mass is 10.1. The highest BCUT2D eigenvalue weighted by atomic mass is 16.6. The van der Waals surface area contributed by atoms with E-state index in [-0.39, 0.29) is 31.1 Å². The van der Waals surface area contributed by atoms with Gasteiger partial charge >= 0.3 is 17.9 Å². The van der Waals surface area contributed by atoms with Crippen molar-refractivity contribution in [3.8, 4) is 0 Å². The van der Waals surface area contributed by atoms with Gasteiger partial charge in [0, 0.05) is 19.3 Å². The number of hydrogen-bond donors (Lipinski definition) is 0. The van der Waals surface area contributed by atoms with E-state index in [2.05, 4.69) is 69.4 Å². The van der Waals surface area contributed by atoms with Gasteiger partial charge in [-0.25, -0.2) is 0 Å². The molecule has 0 aromatic heterocycles. The Balaban J connectivity index is 4.31. The third kappa shape index (κ3) is 46.4. The van der Waals surface area contributed by atoms with E-state index in [9.17, 15) is 14.4 Å². The zero-order valence-electron chi connectivity index (χ0n) is 39.7. The number of unbranched alkanes of at least 4 members (excludes halogenated alkanes) is 28. The minimum Gasteiger partial charge on any atom is -0.462 e. The van der Waals surface area contributed by atoms with Crippen LogP contribution < -0.4 is 0 Å². The van der Waals surface area contributed by atoms with E-state index in [1.54, 1.807) is 0 Å². The topological polar surface area (TPSA) is 78.9 Å². The molecule has 0 saturated carbocycles. The maximum atomic E-state index is 12.7. The first kappa shape index (κ1) is 57.4. The quantitative estimate of drug-likeness (QED) is 0.0200. The van der Waals surface area contributed by atoms with Gasteiger partial charge in [-0.15, -0.1) is 0 Å². The highest BCUT2D eigenvalue weighted by molar-refractivity contribution is 5.71. The van der Waals surface area contributed by atoms with Gasteiger partial charge in [-0.1, -0.05) is 217 Å². The number of carbonyl (C=O) groups excluding carboxylic acids is 3. The van der Waals surface area contributed by atoms with Crippen molar-refractivity contribution < 1.29 is 28.6 Å². The molecule has 0 heterocycles. The van der Waals surface area contributed by atoms with Gasteiger partial charge in [-0.05, 0) is 70.6 Å². The summed E-state index contributed by atoms with van der Waals surface area (Å²) in [5.41, 5.74) is 0. The highest BCUT2D eigenvalue weighted by Crippen LogP contribution is 2.15. The second kappa shape index (κ2) is 49.0. The monoisotopic (exact) mass is 841 g/mol. The summed E-state index contributed by atoms with van der Waals surface area (Å²) >= 11 is 0. The van der Waals surface area contributed by atoms with Gasteiger partial charge in [0.25, 0.3) is 0 Å². The summed E-state index contributed by atoms with van der Waals surface area (Å²) in [6.45, 7) is 6.49. The average molecular weight is 841 g/mol. The summed E-state index contributed by atoms with van der Waals surface area (Å²) in [7, 11) is 0. The van der Waals surface area contributed by atoms with Gasteiger partial charge in [0.2, 0.25) is 0 Å². The Labute approximate surface area is 371 Å². The predicted molar refractivity (Wildman–Crippen MR) is 256 cm³/mol. The zero-order chi connectivity index (χ0) is 43.7. The average Bonchev–Trinajstić information content (AvgIpc) is 3.24. The lowest BCUT2D eigenvalue weighted by Gasteiger charge is -2.18. The lowest BCUT2D eigenvalue weighted by Crippen LogP contribution is -2.30. The minimum atomic E-state index is -0.777. The van der Waals surface area contributed by atoms with Crippen LogP contribution in [0.2, 0.25) is 0 Å². The van der Waals surface area contributed by atoms with Crippen LogP contribution in [-0.2, 0) is 28.6 Å². The van der Waals surface area contributed by atoms with Crippen LogP contribution in [0.3, 0.4) is 0 Å². The smallest absolute Gasteiger partial charge is 0.306 e. The van der Waals surface area contributed by atoms with Gasteiger partial charge in [0.05, 0.1) is 0 Å². The Morgan fingerprint density at radius 1 is 0.367 bits per heavy atom. The van der Waals surface area contributed by atoms with Crippen LogP contribution in [-0.4, -0.2) is 37.2 Å². The van der Waals surface area contributed by atoms with E-state index in [4.69, 9.17) is 14.2 Å². The first-order valence-electron chi connectivity index (χ1n) is 25.7. The molecule has 0 aliphatic heterocycles. The number of rotatable bonds is 46. The highest BCUT2D eigenvalue weighted by Gasteiger charge is 2.19. The summed E-state index contributed by atoms with van der Waals surface area (Å²) < 4.78 is 16.8. The molecule has 0 spiro atoms. The molecule has 0 fully saturated rings. The van der Waals surface area contributed by atoms with Crippen LogP contribution >= 0.6 is 0 Å². The van der Waals surface area contributed by atoms with E-state index >= 15 is 0 Å². The lowest BCUT2D eigenvalue weighted by molar-refractivity contribution is -0.167. The van der Waals surface area contributed by atoms with Gasteiger partial charge < -0.3 is 14.2 Å². The molecule has 6 heteroatoms. The summed E-state index contributed by atoms with van der Waals surface area (Å²) in [5.74, 6) is -0.891. The molecular formula is C54H96O6. The molecule has 1 atom stereocenters. The van der Waals surface area contributed by atoms with Crippen molar-refractivity contribution in [2.45, 2.75) is 264 Å². The van der Waals surface area contributed by atoms with Gasteiger partial charge in [-0.2, -0.15) is 0 Å². The van der Waals surface area contributed by atoms with E-state index in [1.807, 2.05) is 0 Å². The molecule has 1 unspecified atom stereocenters. The molecule has 60 heavy (non-hydrogen) atoms. The van der Waals surface area contributed by atoms with Crippen molar-refractivity contribution in [3.63, 3.8) is 0 Å². The molecular weight excluding hydrogens is 745 g/mol. The summed E-state index contributed by atoms with van der Waals surface area (Å²) in [4.78, 5) is 37.9. The van der Waals surface area contributed by atoms with Crippen molar-refractivity contribution in [1.82, 2.24) is 0 Å². The predicted octanol–water partition coefficient (Wildman–Crippen LogP) is 16.7. The van der Waals surface area contributed by atoms with Crippen LogP contribution in [0.25, 0.3) is 0 Å². The SMILES string of the molecule is CC/C=C\C/C=C\CCCCCCCC(=O)OC(COC(=O)CCCCCCCCCCCCC)COC(=O)CCCCCCCCCCCC/C=C\C=C/CCCCC. The molecule has 0 saturated heterocycles. The first-order chi connectivity index (χ1) is 29.5. The third-order valence-electron chi connectivity index (χ3n) is 11.1. The fourth-order valence-corrected chi connectivity index (χ4v) is 7.24. The maximum Gasteiger partial charge on any atom is 0.306 e.